The highest BCUT2D eigenvalue weighted by Gasteiger charge is 2.41. The largest absolute Gasteiger partial charge is 0.416 e. The van der Waals surface area contributed by atoms with Crippen LogP contribution >= 0.6 is 0 Å². The first kappa shape index (κ1) is 14.8. The number of alkyl halides is 3. The Morgan fingerprint density at radius 1 is 1.19 bits per heavy atom. The Morgan fingerprint density at radius 2 is 1.95 bits per heavy atom. The van der Waals surface area contributed by atoms with Gasteiger partial charge < -0.3 is 5.11 Å². The fourth-order valence-corrected chi connectivity index (χ4v) is 4.15. The third-order valence-corrected chi connectivity index (χ3v) is 5.09. The fraction of sp³-hybridized carbons (Fsp3) is 0.625. The molecule has 4 atom stereocenters. The number of aliphatic hydroxyl groups is 1. The molecule has 0 saturated heterocycles. The SMILES string of the molecule is OC(CC1CC2CCC1C2)c1cc(F)ccc1C(F)(F)F. The standard InChI is InChI=1S/C16H18F4O/c17-12-3-4-14(16(18,19)20)13(8-12)15(21)7-11-6-9-1-2-10(11)5-9/h3-4,8-11,15,21H,1-2,5-7H2. The first-order valence-corrected chi connectivity index (χ1v) is 7.39. The molecule has 0 radical (unpaired) electrons. The van der Waals surface area contributed by atoms with E-state index in [9.17, 15) is 22.7 Å². The second-order valence-electron chi connectivity index (χ2n) is 6.42. The zero-order valence-corrected chi connectivity index (χ0v) is 11.5. The van der Waals surface area contributed by atoms with Gasteiger partial charge in [0.2, 0.25) is 0 Å². The minimum absolute atomic E-state index is 0.267. The Balaban J connectivity index is 1.80. The number of aliphatic hydroxyl groups excluding tert-OH is 1. The van der Waals surface area contributed by atoms with E-state index in [0.29, 0.717) is 24.3 Å². The first-order chi connectivity index (χ1) is 9.84. The van der Waals surface area contributed by atoms with Crippen LogP contribution in [0.1, 0.15) is 49.3 Å². The van der Waals surface area contributed by atoms with E-state index in [1.54, 1.807) is 0 Å². The lowest BCUT2D eigenvalue weighted by atomic mass is 9.83. The van der Waals surface area contributed by atoms with E-state index in [1.165, 1.54) is 6.42 Å². The molecule has 4 unspecified atom stereocenters. The van der Waals surface area contributed by atoms with Crippen molar-refractivity contribution < 1.29 is 22.7 Å². The van der Waals surface area contributed by atoms with Crippen LogP contribution in [0.4, 0.5) is 17.6 Å². The molecule has 0 aliphatic heterocycles. The lowest BCUT2D eigenvalue weighted by Gasteiger charge is -2.25. The lowest BCUT2D eigenvalue weighted by molar-refractivity contribution is -0.139. The van der Waals surface area contributed by atoms with E-state index in [1.807, 2.05) is 0 Å². The smallest absolute Gasteiger partial charge is 0.388 e. The molecule has 1 nitrogen and oxygen atoms in total. The van der Waals surface area contributed by atoms with Gasteiger partial charge in [0.15, 0.2) is 0 Å². The quantitative estimate of drug-likeness (QED) is 0.802. The molecule has 1 aromatic carbocycles. The van der Waals surface area contributed by atoms with Crippen molar-refractivity contribution in [3.63, 3.8) is 0 Å². The molecule has 2 fully saturated rings. The third kappa shape index (κ3) is 2.93. The monoisotopic (exact) mass is 302 g/mol. The van der Waals surface area contributed by atoms with Gasteiger partial charge >= 0.3 is 6.18 Å². The maximum Gasteiger partial charge on any atom is 0.416 e. The maximum absolute atomic E-state index is 13.3. The predicted octanol–water partition coefficient (Wildman–Crippen LogP) is 4.70. The topological polar surface area (TPSA) is 20.2 Å². The second kappa shape index (κ2) is 5.27. The average Bonchev–Trinajstić information content (AvgIpc) is 2.99. The average molecular weight is 302 g/mol. The molecule has 21 heavy (non-hydrogen) atoms. The molecule has 2 aliphatic rings. The van der Waals surface area contributed by atoms with Crippen molar-refractivity contribution >= 4 is 0 Å². The van der Waals surface area contributed by atoms with Gasteiger partial charge in [-0.3, -0.25) is 0 Å². The molecule has 5 heteroatoms. The Bertz CT molecular complexity index is 525. The summed E-state index contributed by atoms with van der Waals surface area (Å²) in [5.41, 5.74) is -1.26. The van der Waals surface area contributed by atoms with E-state index in [0.717, 1.165) is 31.4 Å². The van der Waals surface area contributed by atoms with Crippen molar-refractivity contribution in [2.45, 2.75) is 44.4 Å². The van der Waals surface area contributed by atoms with Gasteiger partial charge in [0, 0.05) is 0 Å². The highest BCUT2D eigenvalue weighted by Crippen LogP contribution is 2.51. The molecule has 1 aromatic rings. The zero-order chi connectivity index (χ0) is 15.2. The Labute approximate surface area is 121 Å². The van der Waals surface area contributed by atoms with Crippen LogP contribution < -0.4 is 0 Å². The van der Waals surface area contributed by atoms with Gasteiger partial charge in [0.1, 0.15) is 5.82 Å². The Kier molecular flexibility index (Phi) is 3.72. The predicted molar refractivity (Wildman–Crippen MR) is 69.9 cm³/mol. The molecular formula is C16H18F4O. The van der Waals surface area contributed by atoms with Crippen LogP contribution in [0.15, 0.2) is 18.2 Å². The van der Waals surface area contributed by atoms with Crippen LogP contribution in [0, 0.1) is 23.6 Å². The van der Waals surface area contributed by atoms with Crippen LogP contribution in [-0.2, 0) is 6.18 Å². The van der Waals surface area contributed by atoms with E-state index in [4.69, 9.17) is 0 Å². The molecule has 2 saturated carbocycles. The van der Waals surface area contributed by atoms with Gasteiger partial charge in [-0.05, 0) is 67.2 Å². The summed E-state index contributed by atoms with van der Waals surface area (Å²) < 4.78 is 52.2. The van der Waals surface area contributed by atoms with Crippen molar-refractivity contribution in [1.82, 2.24) is 0 Å². The molecule has 1 N–H and O–H groups in total. The molecule has 2 bridgehead atoms. The number of halogens is 4. The summed E-state index contributed by atoms with van der Waals surface area (Å²) >= 11 is 0. The number of rotatable bonds is 3. The summed E-state index contributed by atoms with van der Waals surface area (Å²) in [6.45, 7) is 0. The van der Waals surface area contributed by atoms with Crippen molar-refractivity contribution in [1.29, 1.82) is 0 Å². The molecule has 116 valence electrons. The first-order valence-electron chi connectivity index (χ1n) is 7.39. The van der Waals surface area contributed by atoms with E-state index in [2.05, 4.69) is 0 Å². The highest BCUT2D eigenvalue weighted by atomic mass is 19.4. The van der Waals surface area contributed by atoms with Crippen LogP contribution in [0.25, 0.3) is 0 Å². The summed E-state index contributed by atoms with van der Waals surface area (Å²) in [5.74, 6) is 0.711. The van der Waals surface area contributed by atoms with Crippen molar-refractivity contribution in [2.24, 2.45) is 17.8 Å². The van der Waals surface area contributed by atoms with E-state index in [-0.39, 0.29) is 11.5 Å². The van der Waals surface area contributed by atoms with Gasteiger partial charge in [-0.2, -0.15) is 13.2 Å². The summed E-state index contributed by atoms with van der Waals surface area (Å²) in [4.78, 5) is 0. The normalized spacial score (nSPS) is 29.9. The Morgan fingerprint density at radius 3 is 2.52 bits per heavy atom. The molecule has 0 amide bonds. The van der Waals surface area contributed by atoms with Crippen molar-refractivity contribution in [2.75, 3.05) is 0 Å². The molecule has 3 rings (SSSR count). The highest BCUT2D eigenvalue weighted by molar-refractivity contribution is 5.32. The number of hydrogen-bond donors (Lipinski definition) is 1. The fourth-order valence-electron chi connectivity index (χ4n) is 4.15. The molecular weight excluding hydrogens is 284 g/mol. The van der Waals surface area contributed by atoms with Gasteiger partial charge in [-0.15, -0.1) is 0 Å². The minimum atomic E-state index is -4.57. The second-order valence-corrected chi connectivity index (χ2v) is 6.42. The van der Waals surface area contributed by atoms with Crippen LogP contribution in [0.3, 0.4) is 0 Å². The van der Waals surface area contributed by atoms with E-state index >= 15 is 0 Å². The Hall–Kier alpha value is -1.10. The van der Waals surface area contributed by atoms with Crippen molar-refractivity contribution in [3.8, 4) is 0 Å². The summed E-state index contributed by atoms with van der Waals surface area (Å²) in [5, 5.41) is 10.2. The zero-order valence-electron chi connectivity index (χ0n) is 11.5. The minimum Gasteiger partial charge on any atom is -0.388 e. The number of benzene rings is 1. The maximum atomic E-state index is 13.3. The molecule has 2 aliphatic carbocycles. The van der Waals surface area contributed by atoms with Crippen LogP contribution in [0.5, 0.6) is 0 Å². The van der Waals surface area contributed by atoms with Gasteiger partial charge in [0.25, 0.3) is 0 Å². The lowest BCUT2D eigenvalue weighted by Crippen LogP contribution is -2.17. The summed E-state index contributed by atoms with van der Waals surface area (Å²) in [7, 11) is 0. The van der Waals surface area contributed by atoms with Gasteiger partial charge in [0.05, 0.1) is 11.7 Å². The van der Waals surface area contributed by atoms with E-state index < -0.39 is 23.7 Å². The van der Waals surface area contributed by atoms with Crippen LogP contribution in [-0.4, -0.2) is 5.11 Å². The third-order valence-electron chi connectivity index (χ3n) is 5.09. The molecule has 0 aromatic heterocycles. The molecule has 0 heterocycles. The van der Waals surface area contributed by atoms with Gasteiger partial charge in [-0.1, -0.05) is 6.42 Å². The summed E-state index contributed by atoms with van der Waals surface area (Å²) in [6, 6.07) is 2.33. The van der Waals surface area contributed by atoms with Crippen molar-refractivity contribution in [3.05, 3.63) is 35.1 Å². The van der Waals surface area contributed by atoms with Gasteiger partial charge in [-0.25, -0.2) is 4.39 Å². The van der Waals surface area contributed by atoms with Crippen LogP contribution in [0.2, 0.25) is 0 Å². The summed E-state index contributed by atoms with van der Waals surface area (Å²) in [6.07, 6.45) is -1.10. The number of hydrogen-bond acceptors (Lipinski definition) is 1. The molecule has 0 spiro atoms. The number of fused-ring (bicyclic) bond motifs is 2.